The van der Waals surface area contributed by atoms with E-state index in [1.165, 1.54) is 12.1 Å². The van der Waals surface area contributed by atoms with E-state index in [0.717, 1.165) is 22.5 Å². The van der Waals surface area contributed by atoms with Crippen LogP contribution >= 0.6 is 27.5 Å². The number of halogens is 3. The highest BCUT2D eigenvalue weighted by Crippen LogP contribution is 2.17. The van der Waals surface area contributed by atoms with Gasteiger partial charge in [0.15, 0.2) is 0 Å². The van der Waals surface area contributed by atoms with Crippen LogP contribution in [-0.2, 0) is 11.9 Å². The van der Waals surface area contributed by atoms with Gasteiger partial charge in [-0.25, -0.2) is 4.39 Å². The van der Waals surface area contributed by atoms with Gasteiger partial charge in [-0.15, -0.1) is 0 Å². The molecular formula is C15H12BrClFNO. The van der Waals surface area contributed by atoms with E-state index in [0.29, 0.717) is 6.54 Å². The molecule has 2 aromatic carbocycles. The van der Waals surface area contributed by atoms with E-state index >= 15 is 0 Å². The van der Waals surface area contributed by atoms with Crippen LogP contribution in [-0.4, -0.2) is 5.91 Å². The second kappa shape index (κ2) is 6.86. The van der Waals surface area contributed by atoms with Crippen molar-refractivity contribution >= 4 is 33.4 Å². The van der Waals surface area contributed by atoms with E-state index < -0.39 is 5.82 Å². The number of carbonyl (C=O) groups excluding carboxylic acids is 1. The average Bonchev–Trinajstić information content (AvgIpc) is 2.45. The molecule has 0 aliphatic rings. The first-order chi connectivity index (χ1) is 9.60. The maximum Gasteiger partial charge on any atom is 0.253 e. The summed E-state index contributed by atoms with van der Waals surface area (Å²) in [5.74, 6) is -0.782. The largest absolute Gasteiger partial charge is 0.348 e. The number of nitrogens with one attached hydrogen (secondary N) is 1. The number of carbonyl (C=O) groups is 1. The molecule has 0 unspecified atom stereocenters. The zero-order chi connectivity index (χ0) is 14.5. The second-order valence-electron chi connectivity index (χ2n) is 4.26. The van der Waals surface area contributed by atoms with Crippen molar-refractivity contribution in [2.24, 2.45) is 0 Å². The monoisotopic (exact) mass is 355 g/mol. The van der Waals surface area contributed by atoms with Crippen LogP contribution in [0.4, 0.5) is 4.39 Å². The Kier molecular flexibility index (Phi) is 5.15. The molecule has 0 saturated heterocycles. The van der Waals surface area contributed by atoms with E-state index in [-0.39, 0.29) is 16.5 Å². The Bertz CT molecular complexity index is 633. The molecule has 0 atom stereocenters. The van der Waals surface area contributed by atoms with E-state index in [9.17, 15) is 9.18 Å². The fraction of sp³-hybridized carbons (Fsp3) is 0.133. The SMILES string of the molecule is O=C(NCc1cccc(CBr)c1)c1ccc(F)cc1Cl. The molecule has 104 valence electrons. The summed E-state index contributed by atoms with van der Waals surface area (Å²) in [5.41, 5.74) is 2.40. The van der Waals surface area contributed by atoms with Crippen molar-refractivity contribution in [3.05, 3.63) is 70.0 Å². The molecule has 0 aliphatic carbocycles. The van der Waals surface area contributed by atoms with Crippen LogP contribution in [0.1, 0.15) is 21.5 Å². The summed E-state index contributed by atoms with van der Waals surface area (Å²) in [6, 6.07) is 11.6. The molecule has 0 radical (unpaired) electrons. The maximum absolute atomic E-state index is 12.9. The molecule has 0 aromatic heterocycles. The third-order valence-corrected chi connectivity index (χ3v) is 3.73. The first-order valence-corrected chi connectivity index (χ1v) is 7.47. The van der Waals surface area contributed by atoms with Gasteiger partial charge in [0, 0.05) is 11.9 Å². The molecule has 1 N–H and O–H groups in total. The van der Waals surface area contributed by atoms with Crippen LogP contribution in [0.5, 0.6) is 0 Å². The summed E-state index contributed by atoms with van der Waals surface area (Å²) in [6.45, 7) is 0.396. The van der Waals surface area contributed by atoms with Gasteiger partial charge in [0.25, 0.3) is 5.91 Å². The van der Waals surface area contributed by atoms with Crippen molar-refractivity contribution < 1.29 is 9.18 Å². The van der Waals surface area contributed by atoms with Crippen LogP contribution in [0, 0.1) is 5.82 Å². The smallest absolute Gasteiger partial charge is 0.253 e. The Morgan fingerprint density at radius 3 is 2.65 bits per heavy atom. The van der Waals surface area contributed by atoms with E-state index in [1.54, 1.807) is 0 Å². The van der Waals surface area contributed by atoms with Gasteiger partial charge >= 0.3 is 0 Å². The number of rotatable bonds is 4. The Hall–Kier alpha value is -1.39. The van der Waals surface area contributed by atoms with Gasteiger partial charge in [-0.2, -0.15) is 0 Å². The number of benzene rings is 2. The fourth-order valence-electron chi connectivity index (χ4n) is 1.77. The first kappa shape index (κ1) is 15.0. The van der Waals surface area contributed by atoms with Crippen molar-refractivity contribution in [1.82, 2.24) is 5.32 Å². The van der Waals surface area contributed by atoms with Crippen molar-refractivity contribution in [2.45, 2.75) is 11.9 Å². The highest BCUT2D eigenvalue weighted by atomic mass is 79.9. The summed E-state index contributed by atoms with van der Waals surface area (Å²) in [6.07, 6.45) is 0. The Labute approximate surface area is 130 Å². The van der Waals surface area contributed by atoms with Crippen molar-refractivity contribution in [1.29, 1.82) is 0 Å². The van der Waals surface area contributed by atoms with Gasteiger partial charge < -0.3 is 5.32 Å². The molecule has 1 amide bonds. The third kappa shape index (κ3) is 3.81. The molecular weight excluding hydrogens is 345 g/mol. The van der Waals surface area contributed by atoms with Crippen LogP contribution in [0.25, 0.3) is 0 Å². The molecule has 0 heterocycles. The minimum atomic E-state index is -0.462. The summed E-state index contributed by atoms with van der Waals surface area (Å²) in [4.78, 5) is 12.0. The zero-order valence-electron chi connectivity index (χ0n) is 10.5. The quantitative estimate of drug-likeness (QED) is 0.813. The average molecular weight is 357 g/mol. The summed E-state index contributed by atoms with van der Waals surface area (Å²) < 4.78 is 12.9. The molecule has 0 aliphatic heterocycles. The first-order valence-electron chi connectivity index (χ1n) is 5.97. The van der Waals surface area contributed by atoms with Crippen molar-refractivity contribution in [3.8, 4) is 0 Å². The van der Waals surface area contributed by atoms with Gasteiger partial charge in [0.2, 0.25) is 0 Å². The van der Waals surface area contributed by atoms with Crippen LogP contribution < -0.4 is 5.32 Å². The highest BCUT2D eigenvalue weighted by molar-refractivity contribution is 9.08. The fourth-order valence-corrected chi connectivity index (χ4v) is 2.38. The normalized spacial score (nSPS) is 10.3. The lowest BCUT2D eigenvalue weighted by atomic mass is 10.1. The molecule has 0 bridgehead atoms. The highest BCUT2D eigenvalue weighted by Gasteiger charge is 2.10. The lowest BCUT2D eigenvalue weighted by molar-refractivity contribution is 0.0951. The molecule has 0 fully saturated rings. The molecule has 2 nitrogen and oxygen atoms in total. The molecule has 5 heteroatoms. The lowest BCUT2D eigenvalue weighted by Gasteiger charge is -2.08. The molecule has 0 spiro atoms. The van der Waals surface area contributed by atoms with Crippen LogP contribution in [0.3, 0.4) is 0 Å². The number of hydrogen-bond donors (Lipinski definition) is 1. The van der Waals surface area contributed by atoms with Crippen LogP contribution in [0.15, 0.2) is 42.5 Å². The van der Waals surface area contributed by atoms with Crippen molar-refractivity contribution in [2.75, 3.05) is 0 Å². The van der Waals surface area contributed by atoms with Crippen LogP contribution in [0.2, 0.25) is 5.02 Å². The second-order valence-corrected chi connectivity index (χ2v) is 5.23. The lowest BCUT2D eigenvalue weighted by Crippen LogP contribution is -2.23. The zero-order valence-corrected chi connectivity index (χ0v) is 12.8. The van der Waals surface area contributed by atoms with Gasteiger partial charge in [-0.1, -0.05) is 51.8 Å². The molecule has 2 aromatic rings. The van der Waals surface area contributed by atoms with E-state index in [1.807, 2.05) is 24.3 Å². The van der Waals surface area contributed by atoms with Gasteiger partial charge in [-0.3, -0.25) is 4.79 Å². The maximum atomic E-state index is 12.9. The number of hydrogen-bond acceptors (Lipinski definition) is 1. The van der Waals surface area contributed by atoms with E-state index in [4.69, 9.17) is 11.6 Å². The summed E-state index contributed by atoms with van der Waals surface area (Å²) in [5, 5.41) is 3.64. The Balaban J connectivity index is 2.04. The molecule has 2 rings (SSSR count). The molecule has 0 saturated carbocycles. The third-order valence-electron chi connectivity index (χ3n) is 2.77. The van der Waals surface area contributed by atoms with Gasteiger partial charge in [0.05, 0.1) is 10.6 Å². The summed E-state index contributed by atoms with van der Waals surface area (Å²) in [7, 11) is 0. The minimum absolute atomic E-state index is 0.108. The summed E-state index contributed by atoms with van der Waals surface area (Å²) >= 11 is 9.23. The van der Waals surface area contributed by atoms with E-state index in [2.05, 4.69) is 21.2 Å². The van der Waals surface area contributed by atoms with Gasteiger partial charge in [0.1, 0.15) is 5.82 Å². The minimum Gasteiger partial charge on any atom is -0.348 e. The topological polar surface area (TPSA) is 29.1 Å². The Morgan fingerprint density at radius 2 is 1.95 bits per heavy atom. The Morgan fingerprint density at radius 1 is 1.20 bits per heavy atom. The number of amides is 1. The number of alkyl halides is 1. The molecule has 20 heavy (non-hydrogen) atoms. The van der Waals surface area contributed by atoms with Crippen molar-refractivity contribution in [3.63, 3.8) is 0 Å². The van der Waals surface area contributed by atoms with Gasteiger partial charge in [-0.05, 0) is 29.3 Å². The predicted molar refractivity (Wildman–Crippen MR) is 81.7 cm³/mol. The standard InChI is InChI=1S/C15H12BrClFNO/c16-8-10-2-1-3-11(6-10)9-19-15(20)13-5-4-12(18)7-14(13)17/h1-7H,8-9H2,(H,19,20). The predicted octanol–water partition coefficient (Wildman–Crippen LogP) is 4.30.